The molecule has 0 aromatic heterocycles. The molecule has 0 aliphatic carbocycles. The van der Waals surface area contributed by atoms with Gasteiger partial charge in [0.25, 0.3) is 0 Å². The highest BCUT2D eigenvalue weighted by atomic mass is 16.2. The molecule has 6 nitrogen and oxygen atoms in total. The molecule has 6 heteroatoms. The summed E-state index contributed by atoms with van der Waals surface area (Å²) < 4.78 is 0. The van der Waals surface area contributed by atoms with E-state index < -0.39 is 0 Å². The van der Waals surface area contributed by atoms with E-state index in [9.17, 15) is 9.59 Å². The highest BCUT2D eigenvalue weighted by molar-refractivity contribution is 5.84. The van der Waals surface area contributed by atoms with E-state index in [4.69, 9.17) is 0 Å². The zero-order valence-corrected chi connectivity index (χ0v) is 17.2. The number of hydrogen-bond acceptors (Lipinski definition) is 4. The number of hydrogen-bond donors (Lipinski definition) is 2. The molecule has 0 rings (SSSR count). The summed E-state index contributed by atoms with van der Waals surface area (Å²) in [6, 6.07) is 0. The summed E-state index contributed by atoms with van der Waals surface area (Å²) in [6.45, 7) is 8.15. The lowest BCUT2D eigenvalue weighted by Gasteiger charge is -2.04. The van der Waals surface area contributed by atoms with Gasteiger partial charge in [-0.25, -0.2) is 10.9 Å². The maximum Gasteiger partial charge on any atom is 0.240 e. The van der Waals surface area contributed by atoms with E-state index in [1.807, 2.05) is 13.8 Å². The Hall–Kier alpha value is -1.72. The summed E-state index contributed by atoms with van der Waals surface area (Å²) in [5, 5.41) is 8.21. The summed E-state index contributed by atoms with van der Waals surface area (Å²) in [5.41, 5.74) is 7.17. The Balaban J connectivity index is 3.65. The molecule has 0 aliphatic rings. The number of hydrazone groups is 2. The molecule has 0 bridgehead atoms. The SMILES string of the molecule is CCCC/C(C)=N\NC(=O)CCCCCCC(=O)N/N=C(/C)CCCC. The standard InChI is InChI=1S/C20H38N4O2/c1-5-7-13-17(3)21-23-19(25)15-11-9-10-12-16-20(26)24-22-18(4)14-8-6-2/h5-16H2,1-4H3,(H,23,25)(H,24,26)/b21-17-,22-18-. The fourth-order valence-corrected chi connectivity index (χ4v) is 2.33. The van der Waals surface area contributed by atoms with Gasteiger partial charge < -0.3 is 0 Å². The van der Waals surface area contributed by atoms with Crippen molar-refractivity contribution < 1.29 is 9.59 Å². The summed E-state index contributed by atoms with van der Waals surface area (Å²) >= 11 is 0. The number of unbranched alkanes of at least 4 members (excludes halogenated alkanes) is 5. The van der Waals surface area contributed by atoms with Gasteiger partial charge in [-0.05, 0) is 52.4 Å². The molecule has 150 valence electrons. The maximum atomic E-state index is 11.7. The molecule has 0 heterocycles. The molecular weight excluding hydrogens is 328 g/mol. The van der Waals surface area contributed by atoms with Crippen LogP contribution in [0.1, 0.15) is 105 Å². The predicted molar refractivity (Wildman–Crippen MR) is 109 cm³/mol. The molecule has 0 fully saturated rings. The average molecular weight is 367 g/mol. The lowest BCUT2D eigenvalue weighted by molar-refractivity contribution is -0.122. The van der Waals surface area contributed by atoms with Gasteiger partial charge >= 0.3 is 0 Å². The normalized spacial score (nSPS) is 12.2. The Morgan fingerprint density at radius 2 is 1.00 bits per heavy atom. The van der Waals surface area contributed by atoms with Gasteiger partial charge in [0.2, 0.25) is 11.8 Å². The summed E-state index contributed by atoms with van der Waals surface area (Å²) in [5.74, 6) is -0.0639. The maximum absolute atomic E-state index is 11.7. The lowest BCUT2D eigenvalue weighted by Crippen LogP contribution is -2.19. The first-order valence-electron chi connectivity index (χ1n) is 10.1. The van der Waals surface area contributed by atoms with Gasteiger partial charge in [0.1, 0.15) is 0 Å². The minimum atomic E-state index is -0.0320. The van der Waals surface area contributed by atoms with Gasteiger partial charge in [-0.2, -0.15) is 10.2 Å². The Bertz CT molecular complexity index is 417. The molecule has 0 spiro atoms. The van der Waals surface area contributed by atoms with Crippen molar-refractivity contribution in [3.05, 3.63) is 0 Å². The molecule has 0 saturated heterocycles. The largest absolute Gasteiger partial charge is 0.273 e. The van der Waals surface area contributed by atoms with E-state index in [0.29, 0.717) is 12.8 Å². The first-order chi connectivity index (χ1) is 12.5. The molecule has 2 amide bonds. The molecule has 0 atom stereocenters. The van der Waals surface area contributed by atoms with Crippen LogP contribution in [0, 0.1) is 0 Å². The van der Waals surface area contributed by atoms with E-state index in [1.54, 1.807) is 0 Å². The van der Waals surface area contributed by atoms with Crippen molar-refractivity contribution in [3.63, 3.8) is 0 Å². The van der Waals surface area contributed by atoms with Crippen LogP contribution in [0.3, 0.4) is 0 Å². The van der Waals surface area contributed by atoms with Crippen molar-refractivity contribution in [1.82, 2.24) is 10.9 Å². The summed E-state index contributed by atoms with van der Waals surface area (Å²) in [7, 11) is 0. The molecule has 0 radical (unpaired) electrons. The van der Waals surface area contributed by atoms with Crippen LogP contribution >= 0.6 is 0 Å². The number of rotatable bonds is 15. The van der Waals surface area contributed by atoms with E-state index in [2.05, 4.69) is 34.9 Å². The van der Waals surface area contributed by atoms with E-state index in [0.717, 1.165) is 75.6 Å². The van der Waals surface area contributed by atoms with E-state index in [1.165, 1.54) is 0 Å². The van der Waals surface area contributed by atoms with Crippen molar-refractivity contribution >= 4 is 23.2 Å². The Labute approximate surface area is 159 Å². The highest BCUT2D eigenvalue weighted by Crippen LogP contribution is 2.06. The third kappa shape index (κ3) is 15.8. The van der Waals surface area contributed by atoms with Crippen molar-refractivity contribution in [2.45, 2.75) is 105 Å². The molecule has 0 aromatic carbocycles. The number of carbonyl (C=O) groups excluding carboxylic acids is 2. The zero-order valence-electron chi connectivity index (χ0n) is 17.2. The minimum absolute atomic E-state index is 0.0320. The van der Waals surface area contributed by atoms with Crippen LogP contribution in [-0.4, -0.2) is 23.2 Å². The summed E-state index contributed by atoms with van der Waals surface area (Å²) in [4.78, 5) is 23.4. The summed E-state index contributed by atoms with van der Waals surface area (Å²) in [6.07, 6.45) is 10.8. The van der Waals surface area contributed by atoms with Crippen LogP contribution < -0.4 is 10.9 Å². The topological polar surface area (TPSA) is 82.9 Å². The molecule has 0 unspecified atom stereocenters. The first kappa shape index (κ1) is 24.3. The molecule has 0 aromatic rings. The molecule has 0 saturated carbocycles. The highest BCUT2D eigenvalue weighted by Gasteiger charge is 2.03. The quantitative estimate of drug-likeness (QED) is 0.250. The fourth-order valence-electron chi connectivity index (χ4n) is 2.33. The van der Waals surface area contributed by atoms with Gasteiger partial charge in [0, 0.05) is 24.3 Å². The molecule has 0 aliphatic heterocycles. The second kappa shape index (κ2) is 16.7. The number of carbonyl (C=O) groups is 2. The number of nitrogens with zero attached hydrogens (tertiary/aromatic N) is 2. The van der Waals surface area contributed by atoms with Crippen molar-refractivity contribution in [1.29, 1.82) is 0 Å². The Kier molecular flexibility index (Phi) is 15.6. The third-order valence-electron chi connectivity index (χ3n) is 4.08. The van der Waals surface area contributed by atoms with Crippen LogP contribution in [0.15, 0.2) is 10.2 Å². The lowest BCUT2D eigenvalue weighted by atomic mass is 10.1. The van der Waals surface area contributed by atoms with Crippen LogP contribution in [0.4, 0.5) is 0 Å². The van der Waals surface area contributed by atoms with Crippen molar-refractivity contribution in [2.24, 2.45) is 10.2 Å². The second-order valence-electron chi connectivity index (χ2n) is 6.89. The van der Waals surface area contributed by atoms with Gasteiger partial charge in [0.05, 0.1) is 0 Å². The van der Waals surface area contributed by atoms with Gasteiger partial charge in [0.15, 0.2) is 0 Å². The Morgan fingerprint density at radius 3 is 1.35 bits per heavy atom. The van der Waals surface area contributed by atoms with E-state index >= 15 is 0 Å². The van der Waals surface area contributed by atoms with Crippen LogP contribution in [-0.2, 0) is 9.59 Å². The number of amides is 2. The van der Waals surface area contributed by atoms with Crippen LogP contribution in [0.25, 0.3) is 0 Å². The molecule has 2 N–H and O–H groups in total. The van der Waals surface area contributed by atoms with Crippen LogP contribution in [0.5, 0.6) is 0 Å². The van der Waals surface area contributed by atoms with Crippen molar-refractivity contribution in [2.75, 3.05) is 0 Å². The van der Waals surface area contributed by atoms with Gasteiger partial charge in [-0.3, -0.25) is 9.59 Å². The number of nitrogens with one attached hydrogen (secondary N) is 2. The first-order valence-corrected chi connectivity index (χ1v) is 10.1. The fraction of sp³-hybridized carbons (Fsp3) is 0.800. The average Bonchev–Trinajstić information content (AvgIpc) is 2.63. The smallest absolute Gasteiger partial charge is 0.240 e. The zero-order chi connectivity index (χ0) is 19.6. The van der Waals surface area contributed by atoms with Gasteiger partial charge in [-0.15, -0.1) is 0 Å². The van der Waals surface area contributed by atoms with Crippen molar-refractivity contribution in [3.8, 4) is 0 Å². The molecular formula is C20H38N4O2. The minimum Gasteiger partial charge on any atom is -0.273 e. The Morgan fingerprint density at radius 1 is 0.615 bits per heavy atom. The molecule has 26 heavy (non-hydrogen) atoms. The van der Waals surface area contributed by atoms with Gasteiger partial charge in [-0.1, -0.05) is 39.5 Å². The third-order valence-corrected chi connectivity index (χ3v) is 4.08. The predicted octanol–water partition coefficient (Wildman–Crippen LogP) is 4.69. The monoisotopic (exact) mass is 366 g/mol. The van der Waals surface area contributed by atoms with Crippen LogP contribution in [0.2, 0.25) is 0 Å². The second-order valence-corrected chi connectivity index (χ2v) is 6.89. The van der Waals surface area contributed by atoms with E-state index in [-0.39, 0.29) is 11.8 Å².